The molecular weight excluding hydrogens is 332 g/mol. The van der Waals surface area contributed by atoms with Gasteiger partial charge < -0.3 is 14.2 Å². The first-order valence-corrected chi connectivity index (χ1v) is 8.37. The molecule has 3 heterocycles. The molecule has 3 aromatic heterocycles. The molecule has 0 aliphatic rings. The minimum Gasteiger partial charge on any atom is -0.459 e. The molecule has 1 amide bonds. The van der Waals surface area contributed by atoms with E-state index in [9.17, 15) is 13.2 Å². The number of carbonyl (C=O) groups is 1. The minimum atomic E-state index is -4.05. The van der Waals surface area contributed by atoms with Gasteiger partial charge in [0.2, 0.25) is 15.7 Å². The average Bonchev–Trinajstić information content (AvgIpc) is 3.20. The first-order valence-electron chi connectivity index (χ1n) is 5.84. The van der Waals surface area contributed by atoms with Gasteiger partial charge in [-0.3, -0.25) is 4.79 Å². The Labute approximate surface area is 127 Å². The molecular formula is C11H8N4O5S2. The Balaban J connectivity index is 1.74. The van der Waals surface area contributed by atoms with E-state index in [1.54, 1.807) is 17.5 Å². The van der Waals surface area contributed by atoms with Crippen molar-refractivity contribution < 1.29 is 22.0 Å². The number of nitrogens with zero attached hydrogens (tertiary/aromatic N) is 3. The second kappa shape index (κ2) is 5.69. The zero-order valence-electron chi connectivity index (χ0n) is 10.8. The quantitative estimate of drug-likeness (QED) is 0.733. The van der Waals surface area contributed by atoms with Gasteiger partial charge in [-0.25, -0.2) is 13.4 Å². The summed E-state index contributed by atoms with van der Waals surface area (Å²) in [6.45, 7) is 0. The van der Waals surface area contributed by atoms with Crippen molar-refractivity contribution in [2.45, 2.75) is 5.22 Å². The van der Waals surface area contributed by atoms with Crippen LogP contribution in [-0.4, -0.2) is 35.3 Å². The summed E-state index contributed by atoms with van der Waals surface area (Å²) in [6, 6.07) is 3.13. The fourth-order valence-electron chi connectivity index (χ4n) is 1.51. The predicted octanol–water partition coefficient (Wildman–Crippen LogP) is 1.20. The number of furan rings is 1. The standard InChI is InChI=1S/C11H8N4O5S2/c16-8(13-10-12-3-5-21-10)6-22(17,18)11-15-14-9(20-11)7-2-1-4-19-7/h1-5H,6H2,(H,12,13,16). The van der Waals surface area contributed by atoms with Gasteiger partial charge in [-0.2, -0.15) is 0 Å². The summed E-state index contributed by atoms with van der Waals surface area (Å²) in [4.78, 5) is 15.5. The van der Waals surface area contributed by atoms with Gasteiger partial charge in [0.1, 0.15) is 5.75 Å². The van der Waals surface area contributed by atoms with Crippen LogP contribution in [-0.2, 0) is 14.6 Å². The lowest BCUT2D eigenvalue weighted by atomic mass is 10.5. The first kappa shape index (κ1) is 14.4. The van der Waals surface area contributed by atoms with Crippen LogP contribution in [0.25, 0.3) is 11.7 Å². The molecule has 0 aliphatic carbocycles. The second-order valence-corrected chi connectivity index (χ2v) is 6.76. The van der Waals surface area contributed by atoms with Gasteiger partial charge >= 0.3 is 5.22 Å². The zero-order valence-corrected chi connectivity index (χ0v) is 12.4. The molecule has 3 rings (SSSR count). The molecule has 0 aliphatic heterocycles. The van der Waals surface area contributed by atoms with E-state index < -0.39 is 26.7 Å². The van der Waals surface area contributed by atoms with Crippen LogP contribution in [0.5, 0.6) is 0 Å². The average molecular weight is 340 g/mol. The van der Waals surface area contributed by atoms with Crippen molar-refractivity contribution in [2.24, 2.45) is 0 Å². The molecule has 0 unspecified atom stereocenters. The lowest BCUT2D eigenvalue weighted by molar-refractivity contribution is -0.113. The van der Waals surface area contributed by atoms with Crippen molar-refractivity contribution in [1.29, 1.82) is 0 Å². The van der Waals surface area contributed by atoms with Gasteiger partial charge in [0.05, 0.1) is 6.26 Å². The molecule has 0 bridgehead atoms. The Bertz CT molecular complexity index is 868. The van der Waals surface area contributed by atoms with Crippen LogP contribution in [0.1, 0.15) is 0 Å². The molecule has 114 valence electrons. The topological polar surface area (TPSA) is 128 Å². The van der Waals surface area contributed by atoms with E-state index in [1.165, 1.54) is 23.8 Å². The number of anilines is 1. The number of nitrogens with one attached hydrogen (secondary N) is 1. The fraction of sp³-hybridized carbons (Fsp3) is 0.0909. The Morgan fingerprint density at radius 3 is 2.91 bits per heavy atom. The van der Waals surface area contributed by atoms with Crippen molar-refractivity contribution in [3.63, 3.8) is 0 Å². The number of amides is 1. The maximum atomic E-state index is 12.0. The van der Waals surface area contributed by atoms with E-state index in [0.29, 0.717) is 5.13 Å². The van der Waals surface area contributed by atoms with Gasteiger partial charge in [0.25, 0.3) is 5.89 Å². The Hall–Kier alpha value is -2.53. The Morgan fingerprint density at radius 2 is 2.23 bits per heavy atom. The fourth-order valence-corrected chi connectivity index (χ4v) is 2.97. The van der Waals surface area contributed by atoms with Gasteiger partial charge in [-0.15, -0.1) is 16.4 Å². The smallest absolute Gasteiger partial charge is 0.336 e. The summed E-state index contributed by atoms with van der Waals surface area (Å²) < 4.78 is 34.2. The van der Waals surface area contributed by atoms with Gasteiger partial charge in [-0.05, 0) is 12.1 Å². The number of aromatic nitrogens is 3. The molecule has 0 fully saturated rings. The molecule has 0 aromatic carbocycles. The van der Waals surface area contributed by atoms with E-state index in [2.05, 4.69) is 20.5 Å². The number of sulfone groups is 1. The largest absolute Gasteiger partial charge is 0.459 e. The SMILES string of the molecule is O=C(CS(=O)(=O)c1nnc(-c2ccco2)o1)Nc1nccs1. The summed E-state index contributed by atoms with van der Waals surface area (Å²) in [6.07, 6.45) is 2.87. The normalized spacial score (nSPS) is 11.5. The molecule has 9 nitrogen and oxygen atoms in total. The molecule has 1 N–H and O–H groups in total. The predicted molar refractivity (Wildman–Crippen MR) is 74.8 cm³/mol. The molecule has 11 heteroatoms. The summed E-state index contributed by atoms with van der Waals surface area (Å²) in [7, 11) is -4.05. The highest BCUT2D eigenvalue weighted by Gasteiger charge is 2.27. The van der Waals surface area contributed by atoms with E-state index in [4.69, 9.17) is 8.83 Å². The van der Waals surface area contributed by atoms with Crippen LogP contribution >= 0.6 is 11.3 Å². The number of rotatable bonds is 5. The Kier molecular flexibility index (Phi) is 3.73. The highest BCUT2D eigenvalue weighted by atomic mass is 32.2. The third kappa shape index (κ3) is 3.04. The molecule has 3 aromatic rings. The van der Waals surface area contributed by atoms with Crippen molar-refractivity contribution in [3.8, 4) is 11.7 Å². The summed E-state index contributed by atoms with van der Waals surface area (Å²) in [5, 5.41) is 10.7. The molecule has 0 saturated carbocycles. The Morgan fingerprint density at radius 1 is 1.36 bits per heavy atom. The van der Waals surface area contributed by atoms with Crippen LogP contribution in [0.3, 0.4) is 0 Å². The molecule has 0 radical (unpaired) electrons. The maximum absolute atomic E-state index is 12.0. The van der Waals surface area contributed by atoms with Gasteiger partial charge in [0.15, 0.2) is 10.9 Å². The van der Waals surface area contributed by atoms with Gasteiger partial charge in [-0.1, -0.05) is 5.10 Å². The van der Waals surface area contributed by atoms with Crippen LogP contribution in [0.15, 0.2) is 44.0 Å². The van der Waals surface area contributed by atoms with Crippen LogP contribution in [0.2, 0.25) is 0 Å². The van der Waals surface area contributed by atoms with Gasteiger partial charge in [0, 0.05) is 11.6 Å². The zero-order chi connectivity index (χ0) is 15.6. The maximum Gasteiger partial charge on any atom is 0.336 e. The van der Waals surface area contributed by atoms with E-state index >= 15 is 0 Å². The molecule has 0 spiro atoms. The van der Waals surface area contributed by atoms with E-state index in [-0.39, 0.29) is 11.7 Å². The first-order chi connectivity index (χ1) is 10.5. The lowest BCUT2D eigenvalue weighted by Crippen LogP contribution is -2.23. The minimum absolute atomic E-state index is 0.0797. The number of carbonyl (C=O) groups excluding carboxylic acids is 1. The lowest BCUT2D eigenvalue weighted by Gasteiger charge is -2.00. The van der Waals surface area contributed by atoms with Crippen molar-refractivity contribution in [2.75, 3.05) is 11.1 Å². The van der Waals surface area contributed by atoms with Crippen LogP contribution in [0.4, 0.5) is 5.13 Å². The molecule has 0 saturated heterocycles. The summed E-state index contributed by atoms with van der Waals surface area (Å²) in [5.74, 6) is -1.41. The monoisotopic (exact) mass is 340 g/mol. The van der Waals surface area contributed by atoms with Crippen molar-refractivity contribution in [3.05, 3.63) is 30.0 Å². The van der Waals surface area contributed by atoms with Crippen molar-refractivity contribution in [1.82, 2.24) is 15.2 Å². The number of hydrogen-bond donors (Lipinski definition) is 1. The summed E-state index contributed by atoms with van der Waals surface area (Å²) in [5.41, 5.74) is 0. The summed E-state index contributed by atoms with van der Waals surface area (Å²) >= 11 is 1.17. The van der Waals surface area contributed by atoms with E-state index in [1.807, 2.05) is 0 Å². The highest BCUT2D eigenvalue weighted by molar-refractivity contribution is 7.91. The second-order valence-electron chi connectivity index (χ2n) is 3.99. The van der Waals surface area contributed by atoms with Crippen LogP contribution in [0, 0.1) is 0 Å². The third-order valence-electron chi connectivity index (χ3n) is 2.40. The third-order valence-corrected chi connectivity index (χ3v) is 4.43. The molecule has 22 heavy (non-hydrogen) atoms. The number of hydrogen-bond acceptors (Lipinski definition) is 9. The highest BCUT2D eigenvalue weighted by Crippen LogP contribution is 2.20. The van der Waals surface area contributed by atoms with E-state index in [0.717, 1.165) is 0 Å². The molecule has 0 atom stereocenters. The van der Waals surface area contributed by atoms with Crippen molar-refractivity contribution >= 4 is 32.2 Å². The number of thiazole rings is 1. The van der Waals surface area contributed by atoms with Crippen LogP contribution < -0.4 is 5.32 Å².